The molecule has 6 heteroatoms. The molecule has 6 nitrogen and oxygen atoms in total. The van der Waals surface area contributed by atoms with Crippen molar-refractivity contribution in [3.8, 4) is 0 Å². The van der Waals surface area contributed by atoms with E-state index in [2.05, 4.69) is 14.8 Å². The second-order valence-corrected chi connectivity index (χ2v) is 7.97. The minimum Gasteiger partial charge on any atom is -0.342 e. The van der Waals surface area contributed by atoms with Crippen LogP contribution in [0.3, 0.4) is 0 Å². The monoisotopic (exact) mass is 370 g/mol. The molecular formula is C21H30N4O2. The Labute approximate surface area is 160 Å². The van der Waals surface area contributed by atoms with Gasteiger partial charge in [0.05, 0.1) is 17.6 Å². The number of hydrogen-bond acceptors (Lipinski definition) is 3. The van der Waals surface area contributed by atoms with Crippen LogP contribution < -0.4 is 5.69 Å². The normalized spacial score (nSPS) is 20.5. The highest BCUT2D eigenvalue weighted by molar-refractivity contribution is 5.78. The molecule has 0 bridgehead atoms. The lowest BCUT2D eigenvalue weighted by atomic mass is 10.0. The standard InChI is InChI=1S/C21H30N4O2/c26-20(24-12-6-2-1-3-7-13-24)16-23-14-10-17(11-15-23)25-19-9-5-4-8-18(19)22-21(25)27/h4-5,8-9,17H,1-3,6-7,10-16H2,(H,22,27). The van der Waals surface area contributed by atoms with Crippen molar-refractivity contribution in [2.75, 3.05) is 32.7 Å². The zero-order chi connectivity index (χ0) is 18.6. The molecule has 0 radical (unpaired) electrons. The molecule has 2 aliphatic heterocycles. The first-order chi connectivity index (χ1) is 13.2. The van der Waals surface area contributed by atoms with Gasteiger partial charge in [-0.15, -0.1) is 0 Å². The maximum atomic E-state index is 12.7. The third-order valence-corrected chi connectivity index (χ3v) is 6.11. The number of likely N-dealkylation sites (tertiary alicyclic amines) is 2. The molecular weight excluding hydrogens is 340 g/mol. The van der Waals surface area contributed by atoms with E-state index in [0.29, 0.717) is 6.54 Å². The smallest absolute Gasteiger partial charge is 0.326 e. The fourth-order valence-electron chi connectivity index (χ4n) is 4.56. The minimum absolute atomic E-state index is 0.0219. The van der Waals surface area contributed by atoms with E-state index in [-0.39, 0.29) is 17.6 Å². The summed E-state index contributed by atoms with van der Waals surface area (Å²) >= 11 is 0. The Kier molecular flexibility index (Phi) is 5.62. The van der Waals surface area contributed by atoms with Gasteiger partial charge in [-0.25, -0.2) is 4.79 Å². The number of nitrogens with one attached hydrogen (secondary N) is 1. The summed E-state index contributed by atoms with van der Waals surface area (Å²) in [6.45, 7) is 4.10. The fourth-order valence-corrected chi connectivity index (χ4v) is 4.56. The van der Waals surface area contributed by atoms with Gasteiger partial charge in [0, 0.05) is 32.2 Å². The van der Waals surface area contributed by atoms with Gasteiger partial charge in [0.2, 0.25) is 5.91 Å². The number of carbonyl (C=O) groups is 1. The van der Waals surface area contributed by atoms with Crippen LogP contribution in [0, 0.1) is 0 Å². The number of imidazole rings is 1. The van der Waals surface area contributed by atoms with Crippen molar-refractivity contribution in [1.29, 1.82) is 0 Å². The first-order valence-electron chi connectivity index (χ1n) is 10.4. The third kappa shape index (κ3) is 4.10. The molecule has 4 rings (SSSR count). The average molecular weight is 370 g/mol. The quantitative estimate of drug-likeness (QED) is 0.904. The van der Waals surface area contributed by atoms with Crippen LogP contribution in [0.4, 0.5) is 0 Å². The molecule has 2 aromatic rings. The van der Waals surface area contributed by atoms with Crippen LogP contribution >= 0.6 is 0 Å². The van der Waals surface area contributed by atoms with Crippen molar-refractivity contribution in [1.82, 2.24) is 19.4 Å². The highest BCUT2D eigenvalue weighted by atomic mass is 16.2. The number of benzene rings is 1. The number of carbonyl (C=O) groups excluding carboxylic acids is 1. The number of nitrogens with zero attached hydrogens (tertiary/aromatic N) is 3. The summed E-state index contributed by atoms with van der Waals surface area (Å²) in [7, 11) is 0. The largest absolute Gasteiger partial charge is 0.342 e. The topological polar surface area (TPSA) is 61.3 Å². The number of aromatic amines is 1. The van der Waals surface area contributed by atoms with Crippen LogP contribution in [0.1, 0.15) is 51.0 Å². The van der Waals surface area contributed by atoms with E-state index in [1.807, 2.05) is 28.8 Å². The van der Waals surface area contributed by atoms with E-state index in [1.54, 1.807) is 0 Å². The summed E-state index contributed by atoms with van der Waals surface area (Å²) in [4.78, 5) is 32.4. The van der Waals surface area contributed by atoms with E-state index in [4.69, 9.17) is 0 Å². The van der Waals surface area contributed by atoms with E-state index in [1.165, 1.54) is 19.3 Å². The lowest BCUT2D eigenvalue weighted by molar-refractivity contribution is -0.133. The molecule has 0 spiro atoms. The van der Waals surface area contributed by atoms with E-state index < -0.39 is 0 Å². The van der Waals surface area contributed by atoms with Crippen LogP contribution in [-0.2, 0) is 4.79 Å². The molecule has 27 heavy (non-hydrogen) atoms. The molecule has 0 atom stereocenters. The Morgan fingerprint density at radius 1 is 0.963 bits per heavy atom. The molecule has 1 N–H and O–H groups in total. The number of hydrogen-bond donors (Lipinski definition) is 1. The zero-order valence-electron chi connectivity index (χ0n) is 16.0. The number of H-pyrrole nitrogens is 1. The molecule has 1 amide bonds. The van der Waals surface area contributed by atoms with Gasteiger partial charge in [0.25, 0.3) is 0 Å². The Balaban J connectivity index is 1.35. The summed E-state index contributed by atoms with van der Waals surface area (Å²) < 4.78 is 1.91. The number of fused-ring (bicyclic) bond motifs is 1. The zero-order valence-corrected chi connectivity index (χ0v) is 16.0. The van der Waals surface area contributed by atoms with E-state index >= 15 is 0 Å². The SMILES string of the molecule is O=C(CN1CCC(n2c(=O)[nH]c3ccccc32)CC1)N1CCCCCCC1. The van der Waals surface area contributed by atoms with Crippen LogP contribution in [-0.4, -0.2) is 58.0 Å². The summed E-state index contributed by atoms with van der Waals surface area (Å²) in [6, 6.07) is 8.09. The highest BCUT2D eigenvalue weighted by Gasteiger charge is 2.26. The second-order valence-electron chi connectivity index (χ2n) is 7.97. The van der Waals surface area contributed by atoms with Crippen molar-refractivity contribution in [2.24, 2.45) is 0 Å². The van der Waals surface area contributed by atoms with Crippen molar-refractivity contribution >= 4 is 16.9 Å². The van der Waals surface area contributed by atoms with Crippen LogP contribution in [0.25, 0.3) is 11.0 Å². The first-order valence-corrected chi connectivity index (χ1v) is 10.4. The summed E-state index contributed by atoms with van der Waals surface area (Å²) in [5, 5.41) is 0. The van der Waals surface area contributed by atoms with Crippen LogP contribution in [0.2, 0.25) is 0 Å². The predicted molar refractivity (Wildman–Crippen MR) is 107 cm³/mol. The Bertz CT molecular complexity index is 824. The molecule has 0 saturated carbocycles. The number of rotatable bonds is 3. The number of piperidine rings is 1. The van der Waals surface area contributed by atoms with E-state index in [0.717, 1.165) is 62.9 Å². The first kappa shape index (κ1) is 18.3. The molecule has 2 aliphatic rings. The Hall–Kier alpha value is -2.08. The molecule has 2 fully saturated rings. The third-order valence-electron chi connectivity index (χ3n) is 6.11. The summed E-state index contributed by atoms with van der Waals surface area (Å²) in [5.74, 6) is 0.277. The second kappa shape index (κ2) is 8.30. The molecule has 146 valence electrons. The van der Waals surface area contributed by atoms with Crippen LogP contribution in [0.15, 0.2) is 29.1 Å². The molecule has 0 unspecified atom stereocenters. The van der Waals surface area contributed by atoms with Gasteiger partial charge in [-0.05, 0) is 37.8 Å². The van der Waals surface area contributed by atoms with Gasteiger partial charge < -0.3 is 9.88 Å². The molecule has 0 aliphatic carbocycles. The van der Waals surface area contributed by atoms with Crippen molar-refractivity contribution < 1.29 is 4.79 Å². The number of amides is 1. The van der Waals surface area contributed by atoms with Gasteiger partial charge >= 0.3 is 5.69 Å². The number of aromatic nitrogens is 2. The summed E-state index contributed by atoms with van der Waals surface area (Å²) in [5.41, 5.74) is 1.86. The number of para-hydroxylation sites is 2. The molecule has 1 aromatic heterocycles. The van der Waals surface area contributed by atoms with Gasteiger partial charge in [-0.1, -0.05) is 31.4 Å². The van der Waals surface area contributed by atoms with Gasteiger partial charge in [-0.3, -0.25) is 14.3 Å². The highest BCUT2D eigenvalue weighted by Crippen LogP contribution is 2.24. The maximum absolute atomic E-state index is 12.7. The maximum Gasteiger partial charge on any atom is 0.326 e. The average Bonchev–Trinajstić information content (AvgIpc) is 2.98. The van der Waals surface area contributed by atoms with Crippen LogP contribution in [0.5, 0.6) is 0 Å². The molecule has 2 saturated heterocycles. The van der Waals surface area contributed by atoms with E-state index in [9.17, 15) is 9.59 Å². The Morgan fingerprint density at radius 3 is 2.37 bits per heavy atom. The Morgan fingerprint density at radius 2 is 1.63 bits per heavy atom. The fraction of sp³-hybridized carbons (Fsp3) is 0.619. The van der Waals surface area contributed by atoms with Gasteiger partial charge in [0.1, 0.15) is 0 Å². The summed E-state index contributed by atoms with van der Waals surface area (Å²) in [6.07, 6.45) is 7.89. The predicted octanol–water partition coefficient (Wildman–Crippen LogP) is 2.76. The lowest BCUT2D eigenvalue weighted by Gasteiger charge is -2.34. The van der Waals surface area contributed by atoms with Crippen molar-refractivity contribution in [3.05, 3.63) is 34.7 Å². The van der Waals surface area contributed by atoms with Crippen molar-refractivity contribution in [3.63, 3.8) is 0 Å². The molecule has 1 aromatic carbocycles. The lowest BCUT2D eigenvalue weighted by Crippen LogP contribution is -2.45. The minimum atomic E-state index is -0.0219. The van der Waals surface area contributed by atoms with Gasteiger partial charge in [0.15, 0.2) is 0 Å². The van der Waals surface area contributed by atoms with Crippen molar-refractivity contribution in [2.45, 2.75) is 51.0 Å². The molecule has 3 heterocycles. The van der Waals surface area contributed by atoms with Gasteiger partial charge in [-0.2, -0.15) is 0 Å².